The molecule has 1 aliphatic heterocycles. The summed E-state index contributed by atoms with van der Waals surface area (Å²) in [5.74, 6) is 0.389. The molecule has 0 bridgehead atoms. The molecule has 3 rings (SSSR count). The van der Waals surface area contributed by atoms with Gasteiger partial charge in [0.15, 0.2) is 5.65 Å². The quantitative estimate of drug-likeness (QED) is 0.906. The molecule has 2 aromatic rings. The zero-order valence-corrected chi connectivity index (χ0v) is 11.7. The lowest BCUT2D eigenvalue weighted by molar-refractivity contribution is 0.571. The molecular formula is C14H20FN5. The first-order valence-corrected chi connectivity index (χ1v) is 7.26. The molecule has 1 fully saturated rings. The summed E-state index contributed by atoms with van der Waals surface area (Å²) in [5, 5.41) is 7.89. The molecule has 108 valence electrons. The normalized spacial score (nSPS) is 18.8. The van der Waals surface area contributed by atoms with Crippen molar-refractivity contribution in [3.63, 3.8) is 0 Å². The minimum Gasteiger partial charge on any atom is -0.338 e. The number of aromatic nitrogens is 3. The smallest absolute Gasteiger partial charge is 0.245 e. The summed E-state index contributed by atoms with van der Waals surface area (Å²) in [7, 11) is 0. The van der Waals surface area contributed by atoms with Gasteiger partial charge in [0.2, 0.25) is 5.95 Å². The third kappa shape index (κ3) is 2.75. The monoisotopic (exact) mass is 277 g/mol. The zero-order valence-electron chi connectivity index (χ0n) is 11.7. The van der Waals surface area contributed by atoms with Crippen molar-refractivity contribution in [1.29, 1.82) is 0 Å². The maximum atomic E-state index is 13.2. The fourth-order valence-corrected chi connectivity index (χ4v) is 2.70. The van der Waals surface area contributed by atoms with Crippen LogP contribution < -0.4 is 10.2 Å². The lowest BCUT2D eigenvalue weighted by Crippen LogP contribution is -2.38. The first-order chi connectivity index (χ1) is 9.76. The molecule has 1 aliphatic rings. The summed E-state index contributed by atoms with van der Waals surface area (Å²) in [6, 6.07) is 3.57. The highest BCUT2D eigenvalue weighted by molar-refractivity contribution is 5.44. The second kappa shape index (κ2) is 5.75. The van der Waals surface area contributed by atoms with Crippen molar-refractivity contribution in [2.45, 2.75) is 32.2 Å². The van der Waals surface area contributed by atoms with Gasteiger partial charge in [-0.05, 0) is 37.9 Å². The average molecular weight is 277 g/mol. The lowest BCUT2D eigenvalue weighted by Gasteiger charge is -2.23. The van der Waals surface area contributed by atoms with Gasteiger partial charge < -0.3 is 10.2 Å². The summed E-state index contributed by atoms with van der Waals surface area (Å²) in [6.07, 6.45) is 4.83. The predicted molar refractivity (Wildman–Crippen MR) is 76.5 cm³/mol. The molecule has 0 spiro atoms. The summed E-state index contributed by atoms with van der Waals surface area (Å²) in [5.41, 5.74) is 0.682. The van der Waals surface area contributed by atoms with Crippen LogP contribution in [0.4, 0.5) is 10.3 Å². The van der Waals surface area contributed by atoms with Crippen LogP contribution in [0, 0.1) is 5.82 Å². The number of hydrogen-bond donors (Lipinski definition) is 1. The summed E-state index contributed by atoms with van der Waals surface area (Å²) >= 11 is 0. The Hall–Kier alpha value is -1.69. The van der Waals surface area contributed by atoms with Crippen molar-refractivity contribution >= 4 is 11.6 Å². The van der Waals surface area contributed by atoms with Crippen LogP contribution in [0.15, 0.2) is 18.3 Å². The second-order valence-electron chi connectivity index (χ2n) is 5.30. The van der Waals surface area contributed by atoms with Crippen LogP contribution in [0.3, 0.4) is 0 Å². The van der Waals surface area contributed by atoms with E-state index in [9.17, 15) is 4.39 Å². The summed E-state index contributed by atoms with van der Waals surface area (Å²) in [4.78, 5) is 6.69. The minimum absolute atomic E-state index is 0.298. The number of rotatable bonds is 5. The Kier molecular flexibility index (Phi) is 3.82. The third-order valence-electron chi connectivity index (χ3n) is 3.66. The number of nitrogens with one attached hydrogen (secondary N) is 1. The molecule has 0 aliphatic carbocycles. The van der Waals surface area contributed by atoms with Gasteiger partial charge in [-0.1, -0.05) is 6.92 Å². The van der Waals surface area contributed by atoms with Gasteiger partial charge in [-0.15, -0.1) is 5.10 Å². The maximum Gasteiger partial charge on any atom is 0.245 e. The van der Waals surface area contributed by atoms with Crippen molar-refractivity contribution in [3.8, 4) is 0 Å². The fourth-order valence-electron chi connectivity index (χ4n) is 2.70. The van der Waals surface area contributed by atoms with Gasteiger partial charge in [-0.3, -0.25) is 0 Å². The third-order valence-corrected chi connectivity index (χ3v) is 3.66. The lowest BCUT2D eigenvalue weighted by atomic mass is 10.2. The molecule has 20 heavy (non-hydrogen) atoms. The number of anilines is 1. The molecule has 5 nitrogen and oxygen atoms in total. The Balaban J connectivity index is 1.83. The Morgan fingerprint density at radius 1 is 1.50 bits per heavy atom. The Morgan fingerprint density at radius 3 is 3.15 bits per heavy atom. The van der Waals surface area contributed by atoms with Gasteiger partial charge in [0, 0.05) is 19.1 Å². The average Bonchev–Trinajstić information content (AvgIpc) is 3.06. The molecule has 2 aromatic heterocycles. The van der Waals surface area contributed by atoms with Crippen molar-refractivity contribution in [3.05, 3.63) is 24.1 Å². The van der Waals surface area contributed by atoms with E-state index in [1.165, 1.54) is 29.6 Å². The van der Waals surface area contributed by atoms with E-state index in [0.29, 0.717) is 17.6 Å². The molecule has 0 saturated carbocycles. The van der Waals surface area contributed by atoms with E-state index in [0.717, 1.165) is 26.1 Å². The number of halogens is 1. The van der Waals surface area contributed by atoms with E-state index in [1.54, 1.807) is 6.07 Å². The molecule has 6 heteroatoms. The van der Waals surface area contributed by atoms with E-state index in [4.69, 9.17) is 0 Å². The first-order valence-electron chi connectivity index (χ1n) is 7.26. The highest BCUT2D eigenvalue weighted by Gasteiger charge is 2.20. The van der Waals surface area contributed by atoms with Gasteiger partial charge in [-0.25, -0.2) is 8.91 Å². The standard InChI is InChI=1S/C14H20FN5/c1-2-8-19(10-12-4-3-7-16-12)14-17-13-6-5-11(15)9-20(13)18-14/h5-6,9,12,16H,2-4,7-8,10H2,1H3. The summed E-state index contributed by atoms with van der Waals surface area (Å²) in [6.45, 7) is 5.06. The minimum atomic E-state index is -0.298. The number of fused-ring (bicyclic) bond motifs is 1. The van der Waals surface area contributed by atoms with Crippen LogP contribution in [0.25, 0.3) is 5.65 Å². The number of nitrogens with zero attached hydrogens (tertiary/aromatic N) is 4. The number of hydrogen-bond acceptors (Lipinski definition) is 4. The van der Waals surface area contributed by atoms with E-state index in [2.05, 4.69) is 27.2 Å². The molecule has 0 amide bonds. The van der Waals surface area contributed by atoms with Gasteiger partial charge in [0.05, 0.1) is 6.20 Å². The maximum absolute atomic E-state index is 13.2. The van der Waals surface area contributed by atoms with Gasteiger partial charge in [-0.2, -0.15) is 4.98 Å². The first kappa shape index (κ1) is 13.3. The van der Waals surface area contributed by atoms with Crippen LogP contribution in [0.2, 0.25) is 0 Å². The SMILES string of the molecule is CCCN(CC1CCCN1)c1nc2ccc(F)cn2n1. The number of pyridine rings is 1. The molecule has 0 aromatic carbocycles. The van der Waals surface area contributed by atoms with E-state index in [1.807, 2.05) is 0 Å². The molecule has 1 atom stereocenters. The molecule has 1 saturated heterocycles. The van der Waals surface area contributed by atoms with Crippen molar-refractivity contribution in [2.24, 2.45) is 0 Å². The van der Waals surface area contributed by atoms with Gasteiger partial charge in [0.1, 0.15) is 5.82 Å². The van der Waals surface area contributed by atoms with Gasteiger partial charge in [0.25, 0.3) is 0 Å². The van der Waals surface area contributed by atoms with Crippen molar-refractivity contribution in [2.75, 3.05) is 24.5 Å². The van der Waals surface area contributed by atoms with Crippen LogP contribution in [0.5, 0.6) is 0 Å². The highest BCUT2D eigenvalue weighted by Crippen LogP contribution is 2.15. The van der Waals surface area contributed by atoms with E-state index in [-0.39, 0.29) is 5.82 Å². The summed E-state index contributed by atoms with van der Waals surface area (Å²) < 4.78 is 14.7. The molecule has 0 radical (unpaired) electrons. The van der Waals surface area contributed by atoms with Crippen molar-refractivity contribution in [1.82, 2.24) is 19.9 Å². The largest absolute Gasteiger partial charge is 0.338 e. The zero-order chi connectivity index (χ0) is 13.9. The Morgan fingerprint density at radius 2 is 2.40 bits per heavy atom. The van der Waals surface area contributed by atoms with Gasteiger partial charge >= 0.3 is 0 Å². The predicted octanol–water partition coefficient (Wildman–Crippen LogP) is 1.84. The Bertz CT molecular complexity index is 576. The molecule has 3 heterocycles. The molecular weight excluding hydrogens is 257 g/mol. The topological polar surface area (TPSA) is 45.5 Å². The van der Waals surface area contributed by atoms with Crippen LogP contribution >= 0.6 is 0 Å². The van der Waals surface area contributed by atoms with E-state index >= 15 is 0 Å². The second-order valence-corrected chi connectivity index (χ2v) is 5.30. The fraction of sp³-hybridized carbons (Fsp3) is 0.571. The van der Waals surface area contributed by atoms with Crippen molar-refractivity contribution < 1.29 is 4.39 Å². The molecule has 1 unspecified atom stereocenters. The van der Waals surface area contributed by atoms with Crippen LogP contribution in [0.1, 0.15) is 26.2 Å². The van der Waals surface area contributed by atoms with Crippen LogP contribution in [-0.4, -0.2) is 40.3 Å². The Labute approximate surface area is 117 Å². The van der Waals surface area contributed by atoms with E-state index < -0.39 is 0 Å². The highest BCUT2D eigenvalue weighted by atomic mass is 19.1. The molecule has 1 N–H and O–H groups in total. The van der Waals surface area contributed by atoms with Crippen LogP contribution in [-0.2, 0) is 0 Å².